The fraction of sp³-hybridized carbons (Fsp3) is 0. The number of amides is 1. The van der Waals surface area contributed by atoms with Gasteiger partial charge in [-0.15, -0.1) is 0 Å². The van der Waals surface area contributed by atoms with Gasteiger partial charge >= 0.3 is 5.97 Å². The predicted octanol–water partition coefficient (Wildman–Crippen LogP) is 1.55. The lowest BCUT2D eigenvalue weighted by Crippen LogP contribution is -2.10. The Kier molecular flexibility index (Phi) is 3.05. The van der Waals surface area contributed by atoms with Crippen LogP contribution in [0.25, 0.3) is 11.1 Å². The minimum absolute atomic E-state index is 0.0233. The molecule has 5 nitrogen and oxygen atoms in total. The van der Waals surface area contributed by atoms with E-state index in [1.807, 2.05) is 0 Å². The second-order valence-electron chi connectivity index (χ2n) is 3.68. The Morgan fingerprint density at radius 3 is 2.44 bits per heavy atom. The highest BCUT2D eigenvalue weighted by atomic mass is 16.4. The summed E-state index contributed by atoms with van der Waals surface area (Å²) >= 11 is 0. The third-order valence-electron chi connectivity index (χ3n) is 2.46. The lowest BCUT2D eigenvalue weighted by Gasteiger charge is -2.03. The monoisotopic (exact) mass is 242 g/mol. The Labute approximate surface area is 103 Å². The summed E-state index contributed by atoms with van der Waals surface area (Å²) in [5, 5.41) is 8.74. The number of benzene rings is 1. The van der Waals surface area contributed by atoms with E-state index in [0.717, 1.165) is 11.1 Å². The molecule has 0 unspecified atom stereocenters. The minimum atomic E-state index is -1.08. The first-order chi connectivity index (χ1) is 8.58. The van der Waals surface area contributed by atoms with Gasteiger partial charge in [0.05, 0.1) is 0 Å². The first-order valence-corrected chi connectivity index (χ1v) is 5.17. The Morgan fingerprint density at radius 1 is 1.11 bits per heavy atom. The van der Waals surface area contributed by atoms with Gasteiger partial charge in [-0.3, -0.25) is 4.79 Å². The molecule has 1 amide bonds. The van der Waals surface area contributed by atoms with Crippen molar-refractivity contribution in [1.29, 1.82) is 0 Å². The number of carboxylic acid groups (broad SMARTS) is 1. The molecule has 3 N–H and O–H groups in total. The lowest BCUT2D eigenvalue weighted by atomic mass is 10.0. The van der Waals surface area contributed by atoms with E-state index in [-0.39, 0.29) is 5.69 Å². The molecule has 1 aromatic heterocycles. The van der Waals surface area contributed by atoms with E-state index in [4.69, 9.17) is 10.8 Å². The molecule has 0 aliphatic heterocycles. The number of nitrogens with zero attached hydrogens (tertiary/aromatic N) is 1. The quantitative estimate of drug-likeness (QED) is 0.853. The highest BCUT2D eigenvalue weighted by Crippen LogP contribution is 2.19. The van der Waals surface area contributed by atoms with Gasteiger partial charge in [0.25, 0.3) is 0 Å². The van der Waals surface area contributed by atoms with Crippen molar-refractivity contribution in [2.24, 2.45) is 5.73 Å². The molecule has 0 radical (unpaired) electrons. The number of carbonyl (C=O) groups excluding carboxylic acids is 1. The maximum Gasteiger partial charge on any atom is 0.354 e. The number of primary amides is 1. The average Bonchev–Trinajstić information content (AvgIpc) is 2.39. The minimum Gasteiger partial charge on any atom is -0.477 e. The molecule has 0 saturated heterocycles. The summed E-state index contributed by atoms with van der Waals surface area (Å²) in [6.45, 7) is 0. The van der Waals surface area contributed by atoms with Crippen LogP contribution in [-0.2, 0) is 0 Å². The molecule has 0 saturated carbocycles. The summed E-state index contributed by atoms with van der Waals surface area (Å²) in [7, 11) is 0. The van der Waals surface area contributed by atoms with Crippen LogP contribution in [0.5, 0.6) is 0 Å². The third-order valence-corrected chi connectivity index (χ3v) is 2.46. The summed E-state index contributed by atoms with van der Waals surface area (Å²) in [6, 6.07) is 9.81. The summed E-state index contributed by atoms with van der Waals surface area (Å²) in [6.07, 6.45) is 1.45. The highest BCUT2D eigenvalue weighted by Gasteiger charge is 2.06. The fourth-order valence-electron chi connectivity index (χ4n) is 1.54. The molecule has 2 rings (SSSR count). The normalized spacial score (nSPS) is 10.0. The van der Waals surface area contributed by atoms with Crippen LogP contribution in [0.1, 0.15) is 20.8 Å². The van der Waals surface area contributed by atoms with E-state index in [9.17, 15) is 9.59 Å². The standard InChI is InChI=1S/C13H10N2O3/c14-12(16)9-3-1-2-8(6-9)10-4-5-11(13(17)18)15-7-10/h1-7H,(H2,14,16)(H,17,18). The number of nitrogens with two attached hydrogens (primary N) is 1. The number of carbonyl (C=O) groups is 2. The van der Waals surface area contributed by atoms with Crippen LogP contribution in [0.3, 0.4) is 0 Å². The van der Waals surface area contributed by atoms with Gasteiger partial charge in [0.15, 0.2) is 0 Å². The molecule has 18 heavy (non-hydrogen) atoms. The van der Waals surface area contributed by atoms with Crippen LogP contribution in [0, 0.1) is 0 Å². The van der Waals surface area contributed by atoms with Crippen molar-refractivity contribution in [3.05, 3.63) is 53.9 Å². The van der Waals surface area contributed by atoms with Crippen LogP contribution in [-0.4, -0.2) is 22.0 Å². The van der Waals surface area contributed by atoms with Gasteiger partial charge < -0.3 is 10.8 Å². The van der Waals surface area contributed by atoms with Crippen molar-refractivity contribution in [2.45, 2.75) is 0 Å². The first kappa shape index (κ1) is 11.8. The van der Waals surface area contributed by atoms with Gasteiger partial charge in [0, 0.05) is 17.3 Å². The predicted molar refractivity (Wildman–Crippen MR) is 65.2 cm³/mol. The maximum atomic E-state index is 11.1. The fourth-order valence-corrected chi connectivity index (χ4v) is 1.54. The van der Waals surface area contributed by atoms with E-state index in [1.54, 1.807) is 30.3 Å². The zero-order valence-corrected chi connectivity index (χ0v) is 9.33. The van der Waals surface area contributed by atoms with E-state index < -0.39 is 11.9 Å². The van der Waals surface area contributed by atoms with Crippen molar-refractivity contribution < 1.29 is 14.7 Å². The summed E-state index contributed by atoms with van der Waals surface area (Å²) < 4.78 is 0. The van der Waals surface area contributed by atoms with E-state index in [1.165, 1.54) is 12.3 Å². The van der Waals surface area contributed by atoms with Gasteiger partial charge in [0.2, 0.25) is 5.91 Å². The molecular weight excluding hydrogens is 232 g/mol. The molecule has 90 valence electrons. The summed E-state index contributed by atoms with van der Waals surface area (Å²) in [5.41, 5.74) is 7.05. The van der Waals surface area contributed by atoms with Crippen molar-refractivity contribution in [3.63, 3.8) is 0 Å². The largest absolute Gasteiger partial charge is 0.477 e. The molecule has 2 aromatic rings. The highest BCUT2D eigenvalue weighted by molar-refractivity contribution is 5.94. The molecule has 5 heteroatoms. The van der Waals surface area contributed by atoms with Crippen LogP contribution in [0.4, 0.5) is 0 Å². The number of pyridine rings is 1. The Balaban J connectivity index is 2.39. The topological polar surface area (TPSA) is 93.3 Å². The molecule has 0 aliphatic rings. The number of rotatable bonds is 3. The number of carboxylic acids is 1. The molecule has 0 bridgehead atoms. The Morgan fingerprint density at radius 2 is 1.89 bits per heavy atom. The van der Waals surface area contributed by atoms with Crippen LogP contribution >= 0.6 is 0 Å². The maximum absolute atomic E-state index is 11.1. The van der Waals surface area contributed by atoms with E-state index in [2.05, 4.69) is 4.98 Å². The SMILES string of the molecule is NC(=O)c1cccc(-c2ccc(C(=O)O)nc2)c1. The number of aromatic carboxylic acids is 1. The smallest absolute Gasteiger partial charge is 0.354 e. The molecule has 0 spiro atoms. The van der Waals surface area contributed by atoms with Crippen molar-refractivity contribution in [1.82, 2.24) is 4.98 Å². The Hall–Kier alpha value is -2.69. The Bertz CT molecular complexity index is 606. The van der Waals surface area contributed by atoms with Crippen LogP contribution in [0.2, 0.25) is 0 Å². The van der Waals surface area contributed by atoms with Gasteiger partial charge in [-0.2, -0.15) is 0 Å². The number of aromatic nitrogens is 1. The van der Waals surface area contributed by atoms with Gasteiger partial charge in [-0.05, 0) is 23.8 Å². The number of hydrogen-bond donors (Lipinski definition) is 2. The summed E-state index contributed by atoms with van der Waals surface area (Å²) in [4.78, 5) is 25.5. The van der Waals surface area contributed by atoms with Gasteiger partial charge in [0.1, 0.15) is 5.69 Å². The lowest BCUT2D eigenvalue weighted by molar-refractivity contribution is 0.0690. The van der Waals surface area contributed by atoms with E-state index >= 15 is 0 Å². The molecule has 0 aliphatic carbocycles. The summed E-state index contributed by atoms with van der Waals surface area (Å²) in [5.74, 6) is -1.58. The second kappa shape index (κ2) is 4.67. The first-order valence-electron chi connectivity index (χ1n) is 5.17. The molecule has 1 heterocycles. The molecule has 0 fully saturated rings. The van der Waals surface area contributed by atoms with Crippen molar-refractivity contribution in [3.8, 4) is 11.1 Å². The van der Waals surface area contributed by atoms with Crippen LogP contribution < -0.4 is 5.73 Å². The third kappa shape index (κ3) is 2.35. The van der Waals surface area contributed by atoms with Gasteiger partial charge in [-0.25, -0.2) is 9.78 Å². The van der Waals surface area contributed by atoms with Gasteiger partial charge in [-0.1, -0.05) is 18.2 Å². The average molecular weight is 242 g/mol. The molecule has 1 aromatic carbocycles. The molecular formula is C13H10N2O3. The van der Waals surface area contributed by atoms with E-state index in [0.29, 0.717) is 5.56 Å². The number of hydrogen-bond acceptors (Lipinski definition) is 3. The zero-order chi connectivity index (χ0) is 13.1. The van der Waals surface area contributed by atoms with Crippen molar-refractivity contribution in [2.75, 3.05) is 0 Å². The zero-order valence-electron chi connectivity index (χ0n) is 9.33. The van der Waals surface area contributed by atoms with Crippen LogP contribution in [0.15, 0.2) is 42.6 Å². The molecule has 0 atom stereocenters. The second-order valence-corrected chi connectivity index (χ2v) is 3.68. The van der Waals surface area contributed by atoms with Crippen molar-refractivity contribution >= 4 is 11.9 Å².